The normalized spacial score (nSPS) is 15.3. The Bertz CT molecular complexity index is 1530. The van der Waals surface area contributed by atoms with Crippen LogP contribution in [0.5, 0.6) is 0 Å². The average molecular weight is 588 g/mol. The van der Waals surface area contributed by atoms with Crippen molar-refractivity contribution in [1.29, 1.82) is 0 Å². The van der Waals surface area contributed by atoms with E-state index < -0.39 is 19.7 Å². The number of hydrogen-bond donors (Lipinski definition) is 2. The molecule has 0 saturated heterocycles. The Morgan fingerprint density at radius 1 is 1.00 bits per heavy atom. The standard InChI is InChI=1S/C27H33N5O6S2/c1-31(15-17-39(3,33)34)14-7-16-38-32-19-25-24(18-26(32)37-2)27(29-20-28-25)30-21-10-12-23(13-11-21)40(35,36)22-8-5-4-6-9-22/h4-6,8-13,18-20,30H,7,14-17H2,1-3H3,(H,28,29). The first-order chi connectivity index (χ1) is 19.1. The van der Waals surface area contributed by atoms with E-state index in [1.165, 1.54) is 11.3 Å². The number of nitrogens with zero attached hydrogens (tertiary/aromatic N) is 3. The third-order valence-electron chi connectivity index (χ3n) is 6.14. The number of ether oxygens (including phenoxy) is 1. The molecule has 2 heterocycles. The number of benzene rings is 2. The Balaban J connectivity index is 1.40. The minimum absolute atomic E-state index is 0.120. The molecule has 0 fully saturated rings. The number of rotatable bonds is 13. The minimum Gasteiger partial charge on any atom is -0.481 e. The van der Waals surface area contributed by atoms with Gasteiger partial charge in [-0.1, -0.05) is 18.2 Å². The van der Waals surface area contributed by atoms with Crippen molar-refractivity contribution < 1.29 is 26.4 Å². The lowest BCUT2D eigenvalue weighted by molar-refractivity contribution is -0.129. The van der Waals surface area contributed by atoms with E-state index in [1.807, 2.05) is 11.9 Å². The molecule has 2 aromatic rings. The molecule has 11 nitrogen and oxygen atoms in total. The zero-order valence-electron chi connectivity index (χ0n) is 22.6. The fraction of sp³-hybridized carbons (Fsp3) is 0.296. The lowest BCUT2D eigenvalue weighted by Gasteiger charge is -2.29. The van der Waals surface area contributed by atoms with Gasteiger partial charge in [0.05, 0.1) is 47.5 Å². The summed E-state index contributed by atoms with van der Waals surface area (Å²) in [6.07, 6.45) is 7.01. The second-order valence-corrected chi connectivity index (χ2v) is 13.5. The van der Waals surface area contributed by atoms with Crippen molar-refractivity contribution in [2.24, 2.45) is 4.99 Å². The van der Waals surface area contributed by atoms with E-state index >= 15 is 0 Å². The van der Waals surface area contributed by atoms with Crippen LogP contribution in [0, 0.1) is 0 Å². The molecule has 0 saturated carbocycles. The van der Waals surface area contributed by atoms with Crippen molar-refractivity contribution >= 4 is 31.7 Å². The Hall–Kier alpha value is -3.65. The van der Waals surface area contributed by atoms with Gasteiger partial charge in [0, 0.05) is 36.7 Å². The molecule has 2 N–H and O–H groups in total. The van der Waals surface area contributed by atoms with Gasteiger partial charge in [0.2, 0.25) is 15.7 Å². The quantitative estimate of drug-likeness (QED) is 0.338. The Morgan fingerprint density at radius 2 is 1.70 bits per heavy atom. The third kappa shape index (κ3) is 7.50. The van der Waals surface area contributed by atoms with Gasteiger partial charge in [-0.05, 0) is 49.9 Å². The maximum absolute atomic E-state index is 12.9. The molecule has 40 heavy (non-hydrogen) atoms. The van der Waals surface area contributed by atoms with Crippen molar-refractivity contribution in [2.45, 2.75) is 16.2 Å². The molecule has 0 bridgehead atoms. The molecule has 2 aliphatic heterocycles. The van der Waals surface area contributed by atoms with E-state index in [9.17, 15) is 16.8 Å². The van der Waals surface area contributed by atoms with Crippen molar-refractivity contribution in [3.05, 3.63) is 89.8 Å². The maximum atomic E-state index is 12.9. The fourth-order valence-corrected chi connectivity index (χ4v) is 5.86. The van der Waals surface area contributed by atoms with Gasteiger partial charge < -0.3 is 20.3 Å². The highest BCUT2D eigenvalue weighted by Crippen LogP contribution is 2.29. The fourth-order valence-electron chi connectivity index (χ4n) is 3.93. The van der Waals surface area contributed by atoms with Crippen molar-refractivity contribution in [1.82, 2.24) is 15.3 Å². The monoisotopic (exact) mass is 587 g/mol. The van der Waals surface area contributed by atoms with Crippen molar-refractivity contribution in [2.75, 3.05) is 51.2 Å². The molecular weight excluding hydrogens is 554 g/mol. The number of nitrogens with one attached hydrogen (secondary N) is 2. The molecule has 0 atom stereocenters. The number of fused-ring (bicyclic) bond motifs is 1. The number of methoxy groups -OCH3 is 1. The highest BCUT2D eigenvalue weighted by atomic mass is 32.2. The van der Waals surface area contributed by atoms with E-state index in [1.54, 1.807) is 80.3 Å². The number of hydrogen-bond acceptors (Lipinski definition) is 11. The van der Waals surface area contributed by atoms with Crippen LogP contribution in [0.3, 0.4) is 0 Å². The summed E-state index contributed by atoms with van der Waals surface area (Å²) < 4.78 is 54.0. The second-order valence-electron chi connectivity index (χ2n) is 9.31. The Kier molecular flexibility index (Phi) is 9.30. The van der Waals surface area contributed by atoms with Gasteiger partial charge in [0.25, 0.3) is 0 Å². The average Bonchev–Trinajstić information content (AvgIpc) is 2.94. The Labute approximate surface area is 235 Å². The van der Waals surface area contributed by atoms with Gasteiger partial charge in [0.15, 0.2) is 0 Å². The zero-order chi connectivity index (χ0) is 28.8. The van der Waals surface area contributed by atoms with E-state index in [0.717, 1.165) is 11.3 Å². The van der Waals surface area contributed by atoms with Gasteiger partial charge in [-0.15, -0.1) is 0 Å². The number of sulfone groups is 2. The van der Waals surface area contributed by atoms with Crippen molar-refractivity contribution in [3.8, 4) is 0 Å². The van der Waals surface area contributed by atoms with Gasteiger partial charge in [-0.25, -0.2) is 21.8 Å². The topological polar surface area (TPSA) is 130 Å². The molecule has 0 spiro atoms. The van der Waals surface area contributed by atoms with Crippen LogP contribution in [0.2, 0.25) is 0 Å². The molecule has 0 amide bonds. The summed E-state index contributed by atoms with van der Waals surface area (Å²) in [6, 6.07) is 14.8. The minimum atomic E-state index is -3.61. The summed E-state index contributed by atoms with van der Waals surface area (Å²) in [5.74, 6) is 1.12. The van der Waals surface area contributed by atoms with Crippen LogP contribution in [0.1, 0.15) is 6.42 Å². The number of hydroxylamine groups is 2. The van der Waals surface area contributed by atoms with Crippen LogP contribution in [0.15, 0.2) is 105 Å². The van der Waals surface area contributed by atoms with Crippen LogP contribution >= 0.6 is 0 Å². The first kappa shape index (κ1) is 29.3. The number of anilines is 1. The molecule has 0 aliphatic carbocycles. The summed E-state index contributed by atoms with van der Waals surface area (Å²) in [6.45, 7) is 1.54. The molecule has 0 aromatic heterocycles. The summed E-state index contributed by atoms with van der Waals surface area (Å²) in [4.78, 5) is 12.7. The second kappa shape index (κ2) is 12.7. The summed E-state index contributed by atoms with van der Waals surface area (Å²) in [5.41, 5.74) is 2.13. The molecular formula is C27H33N5O6S2. The molecule has 2 aliphatic rings. The molecule has 4 rings (SSSR count). The number of aliphatic imine (C=N–C) groups is 1. The van der Waals surface area contributed by atoms with E-state index in [-0.39, 0.29) is 15.5 Å². The van der Waals surface area contributed by atoms with Crippen LogP contribution in [-0.2, 0) is 29.2 Å². The van der Waals surface area contributed by atoms with E-state index in [0.29, 0.717) is 43.5 Å². The largest absolute Gasteiger partial charge is 0.481 e. The first-order valence-electron chi connectivity index (χ1n) is 12.5. The van der Waals surface area contributed by atoms with Crippen LogP contribution in [0.25, 0.3) is 0 Å². The molecule has 2 aromatic carbocycles. The molecule has 13 heteroatoms. The van der Waals surface area contributed by atoms with E-state index in [4.69, 9.17) is 9.57 Å². The predicted molar refractivity (Wildman–Crippen MR) is 153 cm³/mol. The summed E-state index contributed by atoms with van der Waals surface area (Å²) >= 11 is 0. The molecule has 0 unspecified atom stereocenters. The lowest BCUT2D eigenvalue weighted by atomic mass is 10.1. The summed E-state index contributed by atoms with van der Waals surface area (Å²) in [5, 5.41) is 7.88. The van der Waals surface area contributed by atoms with Crippen molar-refractivity contribution in [3.63, 3.8) is 0 Å². The summed E-state index contributed by atoms with van der Waals surface area (Å²) in [7, 11) is -3.19. The van der Waals surface area contributed by atoms with Gasteiger partial charge in [-0.3, -0.25) is 4.84 Å². The van der Waals surface area contributed by atoms with Gasteiger partial charge in [-0.2, -0.15) is 5.06 Å². The maximum Gasteiger partial charge on any atom is 0.218 e. The van der Waals surface area contributed by atoms with Gasteiger partial charge in [0.1, 0.15) is 15.7 Å². The third-order valence-corrected chi connectivity index (χ3v) is 8.85. The Morgan fingerprint density at radius 3 is 2.38 bits per heavy atom. The van der Waals surface area contributed by atoms with Crippen LogP contribution < -0.4 is 10.6 Å². The lowest BCUT2D eigenvalue weighted by Crippen LogP contribution is -2.31. The first-order valence-corrected chi connectivity index (χ1v) is 16.1. The van der Waals surface area contributed by atoms with Crippen LogP contribution in [-0.4, -0.2) is 79.0 Å². The molecule has 0 radical (unpaired) electrons. The smallest absolute Gasteiger partial charge is 0.218 e. The highest BCUT2D eigenvalue weighted by molar-refractivity contribution is 7.91. The van der Waals surface area contributed by atoms with Crippen LogP contribution in [0.4, 0.5) is 5.69 Å². The van der Waals surface area contributed by atoms with E-state index in [2.05, 4.69) is 15.6 Å². The highest BCUT2D eigenvalue weighted by Gasteiger charge is 2.24. The number of allylic oxidation sites excluding steroid dienone is 1. The van der Waals surface area contributed by atoms with Gasteiger partial charge >= 0.3 is 0 Å². The SMILES string of the molecule is COC1=CC2=C(Nc3ccc(S(=O)(=O)c4ccccc4)cc3)N=CNC2=CN1OCCCN(C)CCS(C)(=O)=O. The predicted octanol–water partition coefficient (Wildman–Crippen LogP) is 2.72. The zero-order valence-corrected chi connectivity index (χ0v) is 24.2. The molecule has 214 valence electrons.